The summed E-state index contributed by atoms with van der Waals surface area (Å²) in [5.74, 6) is 0.0273. The number of hydrogen-bond acceptors (Lipinski definition) is 3. The van der Waals surface area contributed by atoms with Crippen LogP contribution in [0.5, 0.6) is 0 Å². The number of nitrogens with zero attached hydrogens (tertiary/aromatic N) is 2. The smallest absolute Gasteiger partial charge is 0.237 e. The Morgan fingerprint density at radius 1 is 1.27 bits per heavy atom. The molecule has 0 radical (unpaired) electrons. The van der Waals surface area contributed by atoms with Gasteiger partial charge in [0.15, 0.2) is 0 Å². The first-order chi connectivity index (χ1) is 12.4. The molecule has 0 aromatic rings. The molecular weight excluding hydrogens is 326 g/mol. The van der Waals surface area contributed by atoms with Crippen molar-refractivity contribution < 1.29 is 9.59 Å². The number of hydrogen-bond donors (Lipinski definition) is 1. The van der Waals surface area contributed by atoms with Crippen LogP contribution in [0, 0.1) is 0 Å². The van der Waals surface area contributed by atoms with Crippen molar-refractivity contribution in [3.63, 3.8) is 0 Å². The van der Waals surface area contributed by atoms with E-state index >= 15 is 0 Å². The van der Waals surface area contributed by atoms with Gasteiger partial charge in [-0.15, -0.1) is 13.2 Å². The maximum absolute atomic E-state index is 13.1. The van der Waals surface area contributed by atoms with Gasteiger partial charge in [0.1, 0.15) is 0 Å². The minimum Gasteiger partial charge on any atom is -0.353 e. The third kappa shape index (κ3) is 4.64. The molecular formula is C21H33N3O2. The predicted octanol–water partition coefficient (Wildman–Crippen LogP) is 2.66. The summed E-state index contributed by atoms with van der Waals surface area (Å²) in [5, 5.41) is 2.91. The monoisotopic (exact) mass is 359 g/mol. The fourth-order valence-corrected chi connectivity index (χ4v) is 4.15. The van der Waals surface area contributed by atoms with E-state index < -0.39 is 6.04 Å². The van der Waals surface area contributed by atoms with Gasteiger partial charge < -0.3 is 10.2 Å². The molecule has 5 nitrogen and oxygen atoms in total. The number of nitrogens with one attached hydrogen (secondary N) is 1. The molecule has 2 aliphatic heterocycles. The summed E-state index contributed by atoms with van der Waals surface area (Å²) in [7, 11) is 0. The molecule has 2 heterocycles. The Hall–Kier alpha value is -1.88. The van der Waals surface area contributed by atoms with Crippen molar-refractivity contribution in [2.45, 2.75) is 57.5 Å². The van der Waals surface area contributed by atoms with Gasteiger partial charge in [0.25, 0.3) is 0 Å². The van der Waals surface area contributed by atoms with Gasteiger partial charge >= 0.3 is 0 Å². The van der Waals surface area contributed by atoms with Crippen molar-refractivity contribution >= 4 is 11.8 Å². The number of piperazine rings is 1. The minimum atomic E-state index is -0.391. The lowest BCUT2D eigenvalue weighted by Gasteiger charge is -2.40. The number of carbonyl (C=O) groups excluding carboxylic acids is 2. The lowest BCUT2D eigenvalue weighted by Crippen LogP contribution is -2.57. The first-order valence-corrected chi connectivity index (χ1v) is 9.61. The van der Waals surface area contributed by atoms with E-state index in [-0.39, 0.29) is 23.8 Å². The molecule has 1 unspecified atom stereocenters. The van der Waals surface area contributed by atoms with Crippen molar-refractivity contribution in [1.29, 1.82) is 0 Å². The standard InChI is InChI=1S/C21H33N3O2/c1-5-9-21(10-6-2)11-7-13-24(21)19(25)16-18-20(26)22-12-15-23(18)14-8-17(3)4/h5-6,8,18H,1-2,7,9-16H2,3-4H3,(H,22,26). The van der Waals surface area contributed by atoms with Crippen LogP contribution in [0.2, 0.25) is 0 Å². The van der Waals surface area contributed by atoms with Crippen molar-refractivity contribution in [3.05, 3.63) is 37.0 Å². The molecule has 2 rings (SSSR count). The van der Waals surface area contributed by atoms with E-state index in [1.165, 1.54) is 5.57 Å². The fraction of sp³-hybridized carbons (Fsp3) is 0.619. The molecule has 144 valence electrons. The molecule has 2 amide bonds. The van der Waals surface area contributed by atoms with Crippen LogP contribution in [0.25, 0.3) is 0 Å². The van der Waals surface area contributed by atoms with Gasteiger partial charge in [0, 0.05) is 31.7 Å². The molecule has 0 spiro atoms. The molecule has 2 fully saturated rings. The molecule has 2 saturated heterocycles. The van der Waals surface area contributed by atoms with Crippen LogP contribution in [0.15, 0.2) is 37.0 Å². The third-order valence-electron chi connectivity index (χ3n) is 5.49. The van der Waals surface area contributed by atoms with Crippen LogP contribution in [0.4, 0.5) is 0 Å². The Bertz CT molecular complexity index is 568. The molecule has 0 aromatic heterocycles. The number of allylic oxidation sites excluding steroid dienone is 1. The number of amides is 2. The lowest BCUT2D eigenvalue weighted by atomic mass is 9.87. The van der Waals surface area contributed by atoms with Gasteiger partial charge in [0.05, 0.1) is 12.5 Å². The summed E-state index contributed by atoms with van der Waals surface area (Å²) in [6.07, 6.45) is 9.63. The average molecular weight is 360 g/mol. The zero-order valence-corrected chi connectivity index (χ0v) is 16.3. The molecule has 5 heteroatoms. The zero-order chi connectivity index (χ0) is 19.2. The summed E-state index contributed by atoms with van der Waals surface area (Å²) in [6.45, 7) is 14.7. The second kappa shape index (κ2) is 9.17. The van der Waals surface area contributed by atoms with Crippen molar-refractivity contribution in [2.24, 2.45) is 0 Å². The van der Waals surface area contributed by atoms with Crippen LogP contribution in [0.1, 0.15) is 46.0 Å². The quantitative estimate of drug-likeness (QED) is 0.678. The van der Waals surface area contributed by atoms with Crippen LogP contribution < -0.4 is 5.32 Å². The Balaban J connectivity index is 2.14. The summed E-state index contributed by atoms with van der Waals surface area (Å²) >= 11 is 0. The first kappa shape index (κ1) is 20.4. The van der Waals surface area contributed by atoms with Crippen molar-refractivity contribution in [2.75, 3.05) is 26.2 Å². The van der Waals surface area contributed by atoms with E-state index in [2.05, 4.69) is 29.5 Å². The van der Waals surface area contributed by atoms with E-state index in [9.17, 15) is 9.59 Å². The molecule has 2 aliphatic rings. The highest BCUT2D eigenvalue weighted by Crippen LogP contribution is 2.37. The van der Waals surface area contributed by atoms with Gasteiger partial charge in [-0.25, -0.2) is 0 Å². The molecule has 0 saturated carbocycles. The van der Waals surface area contributed by atoms with Crippen molar-refractivity contribution in [3.8, 4) is 0 Å². The second-order valence-corrected chi connectivity index (χ2v) is 7.65. The van der Waals surface area contributed by atoms with E-state index in [1.54, 1.807) is 0 Å². The first-order valence-electron chi connectivity index (χ1n) is 9.61. The fourth-order valence-electron chi connectivity index (χ4n) is 4.15. The SMILES string of the molecule is C=CCC1(CC=C)CCCN1C(=O)CC1C(=O)NCCN1CC=C(C)C. The Labute approximate surface area is 157 Å². The normalized spacial score (nSPS) is 22.6. The number of rotatable bonds is 8. The van der Waals surface area contributed by atoms with E-state index in [0.29, 0.717) is 13.1 Å². The Kier molecular flexibility index (Phi) is 7.21. The largest absolute Gasteiger partial charge is 0.353 e. The summed E-state index contributed by atoms with van der Waals surface area (Å²) < 4.78 is 0. The van der Waals surface area contributed by atoms with E-state index in [4.69, 9.17) is 0 Å². The Morgan fingerprint density at radius 3 is 2.58 bits per heavy atom. The van der Waals surface area contributed by atoms with Crippen LogP contribution in [-0.4, -0.2) is 59.4 Å². The Morgan fingerprint density at radius 2 is 1.96 bits per heavy atom. The maximum Gasteiger partial charge on any atom is 0.237 e. The number of likely N-dealkylation sites (tertiary alicyclic amines) is 1. The third-order valence-corrected chi connectivity index (χ3v) is 5.49. The maximum atomic E-state index is 13.1. The van der Waals surface area contributed by atoms with E-state index in [0.717, 1.165) is 38.8 Å². The lowest BCUT2D eigenvalue weighted by molar-refractivity contribution is -0.141. The molecule has 26 heavy (non-hydrogen) atoms. The topological polar surface area (TPSA) is 52.7 Å². The molecule has 0 bridgehead atoms. The second-order valence-electron chi connectivity index (χ2n) is 7.65. The van der Waals surface area contributed by atoms with Crippen LogP contribution >= 0.6 is 0 Å². The molecule has 1 atom stereocenters. The molecule has 1 N–H and O–H groups in total. The van der Waals surface area contributed by atoms with Crippen LogP contribution in [0.3, 0.4) is 0 Å². The highest BCUT2D eigenvalue weighted by molar-refractivity contribution is 5.89. The average Bonchev–Trinajstić information content (AvgIpc) is 2.99. The van der Waals surface area contributed by atoms with Gasteiger partial charge in [0.2, 0.25) is 11.8 Å². The van der Waals surface area contributed by atoms with Crippen molar-refractivity contribution in [1.82, 2.24) is 15.1 Å². The predicted molar refractivity (Wildman–Crippen MR) is 106 cm³/mol. The zero-order valence-electron chi connectivity index (χ0n) is 16.3. The van der Waals surface area contributed by atoms with Gasteiger partial charge in [-0.1, -0.05) is 23.8 Å². The number of carbonyl (C=O) groups is 2. The molecule has 0 aromatic carbocycles. The highest BCUT2D eigenvalue weighted by Gasteiger charge is 2.43. The summed E-state index contributed by atoms with van der Waals surface area (Å²) in [4.78, 5) is 29.7. The highest BCUT2D eigenvalue weighted by atomic mass is 16.2. The minimum absolute atomic E-state index is 0.0380. The van der Waals surface area contributed by atoms with Gasteiger partial charge in [-0.3, -0.25) is 14.5 Å². The summed E-state index contributed by atoms with van der Waals surface area (Å²) in [6, 6.07) is -0.391. The van der Waals surface area contributed by atoms with Gasteiger partial charge in [-0.05, 0) is 39.5 Å². The van der Waals surface area contributed by atoms with E-state index in [1.807, 2.05) is 30.9 Å². The molecule has 0 aliphatic carbocycles. The van der Waals surface area contributed by atoms with Crippen LogP contribution in [-0.2, 0) is 9.59 Å². The van der Waals surface area contributed by atoms with Gasteiger partial charge in [-0.2, -0.15) is 0 Å². The summed E-state index contributed by atoms with van der Waals surface area (Å²) in [5.41, 5.74) is 1.01.